The minimum absolute atomic E-state index is 0.0444. The summed E-state index contributed by atoms with van der Waals surface area (Å²) >= 11 is 0. The van der Waals surface area contributed by atoms with E-state index in [0.717, 1.165) is 23.7 Å². The van der Waals surface area contributed by atoms with Crippen molar-refractivity contribution in [3.63, 3.8) is 0 Å². The standard InChI is InChI=1S/C22H36N2O2/c1-13(19-11-15-3-5-17(19)9-15)23-21(25)7-8-22(26)24-14(2)20-12-16-4-6-18(20)10-16/h13-20H,3-12H2,1-2H3,(H,23,25)(H,24,26)/t13-,14+,15-,16-,17-,18-,19-,20+/m1/s1. The zero-order chi connectivity index (χ0) is 18.3. The Hall–Kier alpha value is -1.06. The third kappa shape index (κ3) is 3.80. The average molecular weight is 361 g/mol. The smallest absolute Gasteiger partial charge is 0.220 e. The van der Waals surface area contributed by atoms with Gasteiger partial charge in [0.1, 0.15) is 0 Å². The number of nitrogens with one attached hydrogen (secondary N) is 2. The monoisotopic (exact) mass is 360 g/mol. The quantitative estimate of drug-likeness (QED) is 0.728. The van der Waals surface area contributed by atoms with Crippen LogP contribution in [0.4, 0.5) is 0 Å². The Kier molecular flexibility index (Phi) is 5.29. The van der Waals surface area contributed by atoms with E-state index in [1.807, 2.05) is 0 Å². The molecule has 0 radical (unpaired) electrons. The van der Waals surface area contributed by atoms with Crippen molar-refractivity contribution in [2.75, 3.05) is 0 Å². The fourth-order valence-electron chi connectivity index (χ4n) is 6.91. The van der Waals surface area contributed by atoms with E-state index < -0.39 is 0 Å². The molecule has 2 N–H and O–H groups in total. The van der Waals surface area contributed by atoms with Crippen LogP contribution in [0.3, 0.4) is 0 Å². The number of carbonyl (C=O) groups excluding carboxylic acids is 2. The van der Waals surface area contributed by atoms with E-state index in [1.165, 1.54) is 51.4 Å². The third-order valence-electron chi connectivity index (χ3n) is 8.23. The summed E-state index contributed by atoms with van der Waals surface area (Å²) in [7, 11) is 0. The highest BCUT2D eigenvalue weighted by Gasteiger charge is 2.43. The number of carbonyl (C=O) groups is 2. The molecular formula is C22H36N2O2. The molecule has 0 aromatic rings. The molecule has 0 spiro atoms. The Bertz CT molecular complexity index is 500. The average Bonchev–Trinajstić information content (AvgIpc) is 3.39. The van der Waals surface area contributed by atoms with Crippen LogP contribution in [-0.2, 0) is 9.59 Å². The van der Waals surface area contributed by atoms with Crippen LogP contribution in [0.15, 0.2) is 0 Å². The highest BCUT2D eigenvalue weighted by atomic mass is 16.2. The lowest BCUT2D eigenvalue weighted by Crippen LogP contribution is -2.42. The van der Waals surface area contributed by atoms with Crippen molar-refractivity contribution in [1.29, 1.82) is 0 Å². The number of fused-ring (bicyclic) bond motifs is 4. The molecule has 4 aliphatic rings. The first-order valence-electron chi connectivity index (χ1n) is 11.1. The van der Waals surface area contributed by atoms with E-state index in [2.05, 4.69) is 24.5 Å². The normalized spacial score (nSPS) is 39.8. The second kappa shape index (κ2) is 7.52. The van der Waals surface area contributed by atoms with Gasteiger partial charge in [0, 0.05) is 24.9 Å². The molecule has 0 saturated heterocycles. The van der Waals surface area contributed by atoms with Crippen LogP contribution < -0.4 is 10.6 Å². The molecule has 4 nitrogen and oxygen atoms in total. The van der Waals surface area contributed by atoms with Gasteiger partial charge < -0.3 is 10.6 Å². The summed E-state index contributed by atoms with van der Waals surface area (Å²) in [5.41, 5.74) is 0. The van der Waals surface area contributed by atoms with E-state index in [9.17, 15) is 9.59 Å². The molecule has 0 aliphatic heterocycles. The van der Waals surface area contributed by atoms with Gasteiger partial charge in [-0.3, -0.25) is 9.59 Å². The second-order valence-electron chi connectivity index (χ2n) is 9.89. The van der Waals surface area contributed by atoms with Crippen LogP contribution in [0.1, 0.15) is 78.1 Å². The fourth-order valence-corrected chi connectivity index (χ4v) is 6.91. The first-order valence-corrected chi connectivity index (χ1v) is 11.1. The molecule has 2 amide bonds. The van der Waals surface area contributed by atoms with Crippen molar-refractivity contribution >= 4 is 11.8 Å². The van der Waals surface area contributed by atoms with Gasteiger partial charge in [-0.25, -0.2) is 0 Å². The van der Waals surface area contributed by atoms with Crippen LogP contribution in [-0.4, -0.2) is 23.9 Å². The molecule has 4 rings (SSSR count). The van der Waals surface area contributed by atoms with Gasteiger partial charge >= 0.3 is 0 Å². The van der Waals surface area contributed by atoms with Crippen molar-refractivity contribution in [3.8, 4) is 0 Å². The van der Waals surface area contributed by atoms with Crippen LogP contribution >= 0.6 is 0 Å². The molecule has 146 valence electrons. The Morgan fingerprint density at radius 3 is 1.46 bits per heavy atom. The molecule has 0 aromatic heterocycles. The largest absolute Gasteiger partial charge is 0.353 e. The molecule has 4 fully saturated rings. The maximum atomic E-state index is 12.3. The first kappa shape index (κ1) is 18.3. The minimum atomic E-state index is 0.0444. The summed E-state index contributed by atoms with van der Waals surface area (Å²) in [6.45, 7) is 4.31. The summed E-state index contributed by atoms with van der Waals surface area (Å²) in [4.78, 5) is 24.6. The molecule has 4 aliphatic carbocycles. The number of hydrogen-bond acceptors (Lipinski definition) is 2. The maximum absolute atomic E-state index is 12.3. The van der Waals surface area contributed by atoms with E-state index in [0.29, 0.717) is 24.7 Å². The Morgan fingerprint density at radius 1 is 0.731 bits per heavy atom. The number of hydrogen-bond donors (Lipinski definition) is 2. The van der Waals surface area contributed by atoms with Gasteiger partial charge in [-0.1, -0.05) is 12.8 Å². The van der Waals surface area contributed by atoms with E-state index in [-0.39, 0.29) is 23.9 Å². The zero-order valence-corrected chi connectivity index (χ0v) is 16.5. The van der Waals surface area contributed by atoms with Gasteiger partial charge in [0.25, 0.3) is 0 Å². The van der Waals surface area contributed by atoms with Crippen molar-refractivity contribution < 1.29 is 9.59 Å². The summed E-state index contributed by atoms with van der Waals surface area (Å²) < 4.78 is 0. The molecule has 8 atom stereocenters. The van der Waals surface area contributed by atoms with Crippen LogP contribution in [0.2, 0.25) is 0 Å². The van der Waals surface area contributed by atoms with Crippen LogP contribution in [0, 0.1) is 35.5 Å². The summed E-state index contributed by atoms with van der Waals surface area (Å²) in [5, 5.41) is 6.35. The second-order valence-corrected chi connectivity index (χ2v) is 9.89. The predicted molar refractivity (Wildman–Crippen MR) is 102 cm³/mol. The molecule has 0 aromatic carbocycles. The predicted octanol–water partition coefficient (Wildman–Crippen LogP) is 3.65. The lowest BCUT2D eigenvalue weighted by atomic mass is 9.84. The van der Waals surface area contributed by atoms with Crippen molar-refractivity contribution in [2.24, 2.45) is 35.5 Å². The molecule has 0 unspecified atom stereocenters. The topological polar surface area (TPSA) is 58.2 Å². The van der Waals surface area contributed by atoms with Gasteiger partial charge in [0.2, 0.25) is 11.8 Å². The van der Waals surface area contributed by atoms with Gasteiger partial charge in [0.15, 0.2) is 0 Å². The number of amides is 2. The lowest BCUT2D eigenvalue weighted by molar-refractivity contribution is -0.127. The van der Waals surface area contributed by atoms with Crippen molar-refractivity contribution in [2.45, 2.75) is 90.1 Å². The van der Waals surface area contributed by atoms with Gasteiger partial charge in [-0.15, -0.1) is 0 Å². The Balaban J connectivity index is 1.15. The van der Waals surface area contributed by atoms with Crippen LogP contribution in [0.5, 0.6) is 0 Å². The summed E-state index contributed by atoms with van der Waals surface area (Å²) in [6.07, 6.45) is 11.4. The highest BCUT2D eigenvalue weighted by Crippen LogP contribution is 2.50. The summed E-state index contributed by atoms with van der Waals surface area (Å²) in [5.74, 6) is 4.85. The fraction of sp³-hybridized carbons (Fsp3) is 0.909. The summed E-state index contributed by atoms with van der Waals surface area (Å²) in [6, 6.07) is 0.516. The molecule has 4 heteroatoms. The molecule has 26 heavy (non-hydrogen) atoms. The molecule has 4 saturated carbocycles. The third-order valence-corrected chi connectivity index (χ3v) is 8.23. The molecule has 0 heterocycles. The molecular weight excluding hydrogens is 324 g/mol. The molecule has 4 bridgehead atoms. The van der Waals surface area contributed by atoms with E-state index in [1.54, 1.807) is 0 Å². The Morgan fingerprint density at radius 2 is 1.15 bits per heavy atom. The van der Waals surface area contributed by atoms with Gasteiger partial charge in [-0.2, -0.15) is 0 Å². The SMILES string of the molecule is C[C@H](NC(=O)CCC(=O)N[C@H](C)[C@H]1C[C@@H]2CC[C@@H]1C2)[C@@H]1C[C@@H]2CC[C@@H]1C2. The zero-order valence-electron chi connectivity index (χ0n) is 16.5. The maximum Gasteiger partial charge on any atom is 0.220 e. The van der Waals surface area contributed by atoms with Crippen LogP contribution in [0.25, 0.3) is 0 Å². The lowest BCUT2D eigenvalue weighted by Gasteiger charge is -2.29. The minimum Gasteiger partial charge on any atom is -0.353 e. The Labute approximate surface area is 158 Å². The van der Waals surface area contributed by atoms with E-state index >= 15 is 0 Å². The van der Waals surface area contributed by atoms with Crippen molar-refractivity contribution in [3.05, 3.63) is 0 Å². The first-order chi connectivity index (χ1) is 12.5. The number of rotatable bonds is 7. The van der Waals surface area contributed by atoms with E-state index in [4.69, 9.17) is 0 Å². The van der Waals surface area contributed by atoms with Gasteiger partial charge in [0.05, 0.1) is 0 Å². The van der Waals surface area contributed by atoms with Crippen molar-refractivity contribution in [1.82, 2.24) is 10.6 Å². The van der Waals surface area contributed by atoms with Gasteiger partial charge in [-0.05, 0) is 87.9 Å². The highest BCUT2D eigenvalue weighted by molar-refractivity contribution is 5.84.